The molecular weight excluding hydrogens is 407 g/mol. The van der Waals surface area contributed by atoms with Crippen molar-refractivity contribution in [2.45, 2.75) is 6.61 Å². The second-order valence-corrected chi connectivity index (χ2v) is 7.43. The largest absolute Gasteiger partial charge is 0.486 e. The van der Waals surface area contributed by atoms with Gasteiger partial charge in [-0.1, -0.05) is 23.5 Å². The Morgan fingerprint density at radius 2 is 1.93 bits per heavy atom. The van der Waals surface area contributed by atoms with E-state index in [-0.39, 0.29) is 24.1 Å². The molecule has 1 amide bonds. The first-order chi connectivity index (χ1) is 14.6. The van der Waals surface area contributed by atoms with Crippen LogP contribution in [0.4, 0.5) is 9.52 Å². The lowest BCUT2D eigenvalue weighted by molar-refractivity contribution is 0.0945. The summed E-state index contributed by atoms with van der Waals surface area (Å²) in [5.41, 5.74) is 0.834. The minimum absolute atomic E-state index is 0.123. The Morgan fingerprint density at radius 1 is 1.13 bits per heavy atom. The number of methoxy groups -OCH3 is 1. The maximum Gasteiger partial charge on any atom is 0.295 e. The molecule has 0 fully saturated rings. The first-order valence-electron chi connectivity index (χ1n) is 9.27. The third kappa shape index (κ3) is 4.50. The number of carbonyl (C=O) groups excluding carboxylic acids is 1. The van der Waals surface area contributed by atoms with Gasteiger partial charge in [0.25, 0.3) is 5.91 Å². The summed E-state index contributed by atoms with van der Waals surface area (Å²) in [5.74, 6) is 0.539. The highest BCUT2D eigenvalue weighted by molar-refractivity contribution is 7.22. The van der Waals surface area contributed by atoms with Crippen LogP contribution in [0.15, 0.2) is 65.1 Å². The minimum atomic E-state index is -0.334. The molecule has 4 rings (SSSR count). The molecule has 0 aliphatic carbocycles. The summed E-state index contributed by atoms with van der Waals surface area (Å²) < 4.78 is 30.4. The molecule has 0 radical (unpaired) electrons. The normalized spacial score (nSPS) is 11.0. The number of hydrogen-bond acceptors (Lipinski definition) is 6. The van der Waals surface area contributed by atoms with Crippen molar-refractivity contribution in [3.63, 3.8) is 0 Å². The van der Waals surface area contributed by atoms with Crippen LogP contribution in [-0.2, 0) is 11.3 Å². The maximum absolute atomic E-state index is 13.1. The van der Waals surface area contributed by atoms with Crippen LogP contribution in [0, 0.1) is 5.82 Å². The summed E-state index contributed by atoms with van der Waals surface area (Å²) in [6.07, 6.45) is 0. The first kappa shape index (κ1) is 20.1. The molecule has 2 aromatic heterocycles. The van der Waals surface area contributed by atoms with Crippen LogP contribution < -0.4 is 9.64 Å². The number of carbonyl (C=O) groups is 1. The van der Waals surface area contributed by atoms with Gasteiger partial charge in [-0.2, -0.15) is 0 Å². The van der Waals surface area contributed by atoms with E-state index in [9.17, 15) is 9.18 Å². The lowest BCUT2D eigenvalue weighted by atomic mass is 10.3. The summed E-state index contributed by atoms with van der Waals surface area (Å²) in [4.78, 5) is 19.2. The van der Waals surface area contributed by atoms with E-state index >= 15 is 0 Å². The third-order valence-electron chi connectivity index (χ3n) is 4.34. The number of hydrogen-bond donors (Lipinski definition) is 0. The van der Waals surface area contributed by atoms with Crippen molar-refractivity contribution >= 4 is 32.6 Å². The van der Waals surface area contributed by atoms with E-state index in [2.05, 4.69) is 4.98 Å². The molecule has 0 spiro atoms. The highest BCUT2D eigenvalue weighted by Gasteiger charge is 2.24. The van der Waals surface area contributed by atoms with Gasteiger partial charge in [0, 0.05) is 7.11 Å². The average molecular weight is 426 g/mol. The fourth-order valence-corrected chi connectivity index (χ4v) is 3.82. The number of halogens is 1. The van der Waals surface area contributed by atoms with Gasteiger partial charge in [-0.25, -0.2) is 9.37 Å². The lowest BCUT2D eigenvalue weighted by Crippen LogP contribution is -2.33. The molecule has 4 aromatic rings. The van der Waals surface area contributed by atoms with Crippen molar-refractivity contribution in [3.05, 3.63) is 78.0 Å². The number of aromatic nitrogens is 1. The predicted molar refractivity (Wildman–Crippen MR) is 113 cm³/mol. The highest BCUT2D eigenvalue weighted by Crippen LogP contribution is 2.29. The quantitative estimate of drug-likeness (QED) is 0.401. The van der Waals surface area contributed by atoms with Crippen molar-refractivity contribution in [3.8, 4) is 5.75 Å². The Labute approximate surface area is 176 Å². The van der Waals surface area contributed by atoms with Gasteiger partial charge >= 0.3 is 0 Å². The van der Waals surface area contributed by atoms with Crippen LogP contribution in [-0.4, -0.2) is 31.2 Å². The second-order valence-electron chi connectivity index (χ2n) is 6.42. The molecule has 2 aromatic carbocycles. The minimum Gasteiger partial charge on any atom is -0.486 e. The fraction of sp³-hybridized carbons (Fsp3) is 0.182. The summed E-state index contributed by atoms with van der Waals surface area (Å²) in [7, 11) is 1.58. The number of para-hydroxylation sites is 1. The van der Waals surface area contributed by atoms with E-state index in [0.29, 0.717) is 29.8 Å². The zero-order chi connectivity index (χ0) is 20.9. The van der Waals surface area contributed by atoms with E-state index in [0.717, 1.165) is 10.2 Å². The molecule has 0 saturated heterocycles. The molecule has 0 bridgehead atoms. The zero-order valence-corrected chi connectivity index (χ0v) is 17.0. The average Bonchev–Trinajstić information content (AvgIpc) is 3.40. The van der Waals surface area contributed by atoms with Crippen LogP contribution in [0.3, 0.4) is 0 Å². The number of ether oxygens (including phenoxy) is 2. The van der Waals surface area contributed by atoms with Gasteiger partial charge < -0.3 is 13.9 Å². The van der Waals surface area contributed by atoms with Crippen molar-refractivity contribution in [2.24, 2.45) is 0 Å². The number of thiazole rings is 1. The van der Waals surface area contributed by atoms with Gasteiger partial charge in [0.15, 0.2) is 10.9 Å². The summed E-state index contributed by atoms with van der Waals surface area (Å²) in [6.45, 7) is 0.832. The van der Waals surface area contributed by atoms with Crippen molar-refractivity contribution < 1.29 is 23.1 Å². The van der Waals surface area contributed by atoms with E-state index in [1.54, 1.807) is 24.1 Å². The summed E-state index contributed by atoms with van der Waals surface area (Å²) >= 11 is 1.44. The molecule has 0 unspecified atom stereocenters. The molecular formula is C22H19FN2O4S. The Morgan fingerprint density at radius 3 is 2.70 bits per heavy atom. The number of furan rings is 1. The van der Waals surface area contributed by atoms with Gasteiger partial charge in [0.2, 0.25) is 0 Å². The number of nitrogens with zero attached hydrogens (tertiary/aromatic N) is 2. The number of benzene rings is 2. The monoisotopic (exact) mass is 426 g/mol. The van der Waals surface area contributed by atoms with E-state index < -0.39 is 0 Å². The Hall–Kier alpha value is -3.23. The molecule has 2 heterocycles. The zero-order valence-electron chi connectivity index (χ0n) is 16.2. The Balaban J connectivity index is 1.50. The Kier molecular flexibility index (Phi) is 6.06. The first-order valence-corrected chi connectivity index (χ1v) is 10.1. The number of rotatable bonds is 8. The number of anilines is 1. The van der Waals surface area contributed by atoms with Crippen LogP contribution in [0.2, 0.25) is 0 Å². The van der Waals surface area contributed by atoms with Crippen LogP contribution >= 0.6 is 11.3 Å². The number of fused-ring (bicyclic) bond motifs is 1. The van der Waals surface area contributed by atoms with Crippen LogP contribution in [0.1, 0.15) is 16.3 Å². The molecule has 0 atom stereocenters. The summed E-state index contributed by atoms with van der Waals surface area (Å²) in [6, 6.07) is 16.7. The lowest BCUT2D eigenvalue weighted by Gasteiger charge is -2.18. The summed E-state index contributed by atoms with van der Waals surface area (Å²) in [5, 5.41) is 0.582. The SMILES string of the molecule is COCCN(C(=O)c1ccc(COc2ccc(F)cc2)o1)c1nc2ccccc2s1. The number of amides is 1. The second kappa shape index (κ2) is 9.06. The van der Waals surface area contributed by atoms with Crippen molar-refractivity contribution in [2.75, 3.05) is 25.2 Å². The molecule has 0 saturated carbocycles. The van der Waals surface area contributed by atoms with Crippen molar-refractivity contribution in [1.29, 1.82) is 0 Å². The molecule has 8 heteroatoms. The maximum atomic E-state index is 13.1. The molecule has 154 valence electrons. The van der Waals surface area contributed by atoms with Gasteiger partial charge in [0.1, 0.15) is 23.9 Å². The highest BCUT2D eigenvalue weighted by atomic mass is 32.1. The van der Waals surface area contributed by atoms with E-state index in [4.69, 9.17) is 13.9 Å². The molecule has 0 aliphatic heterocycles. The van der Waals surface area contributed by atoms with Gasteiger partial charge in [-0.3, -0.25) is 9.69 Å². The van der Waals surface area contributed by atoms with Crippen molar-refractivity contribution in [1.82, 2.24) is 4.98 Å². The molecule has 30 heavy (non-hydrogen) atoms. The molecule has 0 aliphatic rings. The predicted octanol–water partition coefficient (Wildman–Crippen LogP) is 4.90. The fourth-order valence-electron chi connectivity index (χ4n) is 2.83. The molecule has 0 N–H and O–H groups in total. The van der Waals surface area contributed by atoms with Gasteiger partial charge in [-0.05, 0) is 48.5 Å². The van der Waals surface area contributed by atoms with Gasteiger partial charge in [-0.15, -0.1) is 0 Å². The molecule has 6 nitrogen and oxygen atoms in total. The Bertz CT molecular complexity index is 1110. The van der Waals surface area contributed by atoms with Gasteiger partial charge in [0.05, 0.1) is 23.4 Å². The van der Waals surface area contributed by atoms with E-state index in [1.165, 1.54) is 35.6 Å². The smallest absolute Gasteiger partial charge is 0.295 e. The van der Waals surface area contributed by atoms with Crippen LogP contribution in [0.25, 0.3) is 10.2 Å². The van der Waals surface area contributed by atoms with E-state index in [1.807, 2.05) is 24.3 Å². The van der Waals surface area contributed by atoms with Crippen LogP contribution in [0.5, 0.6) is 5.75 Å². The third-order valence-corrected chi connectivity index (χ3v) is 5.40. The topological polar surface area (TPSA) is 64.8 Å². The standard InChI is InChI=1S/C22H19FN2O4S/c1-27-13-12-25(22-24-18-4-2-3-5-20(18)30-22)21(26)19-11-10-17(29-19)14-28-16-8-6-15(23)7-9-16/h2-11H,12-14H2,1H3.